The third-order valence-electron chi connectivity index (χ3n) is 6.61. The average molecular weight is 471 g/mol. The summed E-state index contributed by atoms with van der Waals surface area (Å²) in [7, 11) is 1.23. The number of esters is 2. The van der Waals surface area contributed by atoms with Gasteiger partial charge in [-0.2, -0.15) is 0 Å². The molecule has 9 nitrogen and oxygen atoms in total. The number of nitro groups is 1. The Labute approximate surface area is 198 Å². The van der Waals surface area contributed by atoms with Crippen LogP contribution in [0.4, 0.5) is 5.69 Å². The number of ketones is 1. The van der Waals surface area contributed by atoms with Gasteiger partial charge in [0, 0.05) is 34.5 Å². The second-order valence-electron chi connectivity index (χ2n) is 8.96. The van der Waals surface area contributed by atoms with Crippen LogP contribution in [0.3, 0.4) is 0 Å². The zero-order chi connectivity index (χ0) is 25.3. The number of methoxy groups -OCH3 is 1. The lowest BCUT2D eigenvalue weighted by Crippen LogP contribution is -2.43. The molecule has 3 rings (SSSR count). The Balaban J connectivity index is 2.23. The Morgan fingerprint density at radius 1 is 1.29 bits per heavy atom. The summed E-state index contributed by atoms with van der Waals surface area (Å²) in [6.07, 6.45) is 0.623. The van der Waals surface area contributed by atoms with Gasteiger partial charge in [-0.25, -0.2) is 4.79 Å². The number of ether oxygens (including phenoxy) is 2. The average Bonchev–Trinajstić information content (AvgIpc) is 2.77. The second kappa shape index (κ2) is 9.79. The van der Waals surface area contributed by atoms with Crippen molar-refractivity contribution in [3.63, 3.8) is 0 Å². The number of nitrogens with one attached hydrogen (secondary N) is 1. The fraction of sp³-hybridized carbons (Fsp3) is 0.480. The van der Waals surface area contributed by atoms with Crippen molar-refractivity contribution in [3.8, 4) is 0 Å². The SMILES string of the molecule is CC[C@H](C)OC(=O)C1=C(C)NC2=C(C(=O)[C@H](C(=O)OC)[C@H](C)C2)[C@@H]1c1ccc(C)c([N+](=O)[O-])c1. The summed E-state index contributed by atoms with van der Waals surface area (Å²) in [6, 6.07) is 4.65. The smallest absolute Gasteiger partial charge is 0.337 e. The van der Waals surface area contributed by atoms with Crippen LogP contribution in [0.5, 0.6) is 0 Å². The van der Waals surface area contributed by atoms with Gasteiger partial charge in [0.05, 0.1) is 23.7 Å². The summed E-state index contributed by atoms with van der Waals surface area (Å²) in [4.78, 5) is 50.6. The van der Waals surface area contributed by atoms with Crippen molar-refractivity contribution in [2.45, 2.75) is 59.5 Å². The highest BCUT2D eigenvalue weighted by atomic mass is 16.6. The van der Waals surface area contributed by atoms with Crippen LogP contribution in [-0.2, 0) is 23.9 Å². The van der Waals surface area contributed by atoms with Crippen LogP contribution >= 0.6 is 0 Å². The number of allylic oxidation sites excluding steroid dienone is 3. The Morgan fingerprint density at radius 3 is 2.56 bits per heavy atom. The summed E-state index contributed by atoms with van der Waals surface area (Å²) >= 11 is 0. The summed E-state index contributed by atoms with van der Waals surface area (Å²) in [6.45, 7) is 8.78. The molecule has 0 amide bonds. The second-order valence-corrected chi connectivity index (χ2v) is 8.96. The molecule has 2 aliphatic rings. The Kier molecular flexibility index (Phi) is 7.24. The molecule has 1 N–H and O–H groups in total. The lowest BCUT2D eigenvalue weighted by molar-refractivity contribution is -0.385. The number of nitrogens with zero attached hydrogens (tertiary/aromatic N) is 1. The van der Waals surface area contributed by atoms with Gasteiger partial charge in [0.1, 0.15) is 5.92 Å². The fourth-order valence-electron chi connectivity index (χ4n) is 4.62. The number of carbonyl (C=O) groups is 3. The first kappa shape index (κ1) is 25.1. The lowest BCUT2D eigenvalue weighted by atomic mass is 9.69. The van der Waals surface area contributed by atoms with Gasteiger partial charge in [-0.15, -0.1) is 0 Å². The molecule has 4 atom stereocenters. The minimum atomic E-state index is -1.03. The first-order valence-electron chi connectivity index (χ1n) is 11.3. The van der Waals surface area contributed by atoms with E-state index in [1.165, 1.54) is 13.2 Å². The number of nitro benzene ring substituents is 1. The number of aryl methyl sites for hydroxylation is 1. The zero-order valence-corrected chi connectivity index (χ0v) is 20.3. The van der Waals surface area contributed by atoms with Crippen LogP contribution in [0.15, 0.2) is 40.7 Å². The van der Waals surface area contributed by atoms with E-state index in [1.807, 2.05) is 6.92 Å². The molecule has 0 spiro atoms. The van der Waals surface area contributed by atoms with Crippen LogP contribution in [-0.4, -0.2) is 35.9 Å². The molecule has 1 heterocycles. The van der Waals surface area contributed by atoms with Gasteiger partial charge >= 0.3 is 11.9 Å². The number of hydrogen-bond donors (Lipinski definition) is 1. The van der Waals surface area contributed by atoms with Crippen molar-refractivity contribution in [2.24, 2.45) is 11.8 Å². The minimum Gasteiger partial charge on any atom is -0.468 e. The maximum Gasteiger partial charge on any atom is 0.337 e. The van der Waals surface area contributed by atoms with Gasteiger partial charge in [0.15, 0.2) is 5.78 Å². The maximum atomic E-state index is 13.7. The van der Waals surface area contributed by atoms with E-state index in [4.69, 9.17) is 9.47 Å². The summed E-state index contributed by atoms with van der Waals surface area (Å²) in [5, 5.41) is 14.8. The van der Waals surface area contributed by atoms with Crippen LogP contribution < -0.4 is 5.32 Å². The molecule has 9 heteroatoms. The van der Waals surface area contributed by atoms with Gasteiger partial charge in [-0.05, 0) is 45.1 Å². The van der Waals surface area contributed by atoms with E-state index in [1.54, 1.807) is 39.8 Å². The molecule has 0 radical (unpaired) electrons. The van der Waals surface area contributed by atoms with Crippen LogP contribution in [0, 0.1) is 28.9 Å². The molecule has 0 saturated carbocycles. The Bertz CT molecular complexity index is 1120. The lowest BCUT2D eigenvalue weighted by Gasteiger charge is -2.38. The van der Waals surface area contributed by atoms with E-state index in [0.29, 0.717) is 35.4 Å². The molecule has 1 aliphatic carbocycles. The van der Waals surface area contributed by atoms with E-state index in [2.05, 4.69) is 5.32 Å². The first-order chi connectivity index (χ1) is 16.0. The molecular formula is C25H30N2O7. The molecule has 1 aromatic rings. The Hall–Kier alpha value is -3.49. The van der Waals surface area contributed by atoms with Crippen molar-refractivity contribution in [3.05, 3.63) is 62.0 Å². The third kappa shape index (κ3) is 4.47. The van der Waals surface area contributed by atoms with Crippen LogP contribution in [0.1, 0.15) is 57.6 Å². The summed E-state index contributed by atoms with van der Waals surface area (Å²) in [5.41, 5.74) is 2.30. The van der Waals surface area contributed by atoms with Crippen molar-refractivity contribution in [1.82, 2.24) is 5.32 Å². The zero-order valence-electron chi connectivity index (χ0n) is 20.3. The van der Waals surface area contributed by atoms with Gasteiger partial charge in [0.2, 0.25) is 0 Å². The van der Waals surface area contributed by atoms with E-state index < -0.39 is 34.5 Å². The molecule has 0 unspecified atom stereocenters. The van der Waals surface area contributed by atoms with E-state index in [0.717, 1.165) is 0 Å². The van der Waals surface area contributed by atoms with Crippen molar-refractivity contribution >= 4 is 23.4 Å². The van der Waals surface area contributed by atoms with Gasteiger partial charge < -0.3 is 14.8 Å². The van der Waals surface area contributed by atoms with Crippen molar-refractivity contribution in [2.75, 3.05) is 7.11 Å². The standard InChI is InChI=1S/C25H30N2O7/c1-7-14(4)34-25(30)20-15(5)26-17-10-13(3)19(24(29)33-6)23(28)22(17)21(20)16-9-8-12(2)18(11-16)27(31)32/h8-9,11,13-14,19,21,26H,7,10H2,1-6H3/t13-,14+,19-,21-/m1/s1. The number of rotatable bonds is 6. The number of dihydropyridines is 1. The van der Waals surface area contributed by atoms with Crippen molar-refractivity contribution in [1.29, 1.82) is 0 Å². The van der Waals surface area contributed by atoms with Crippen LogP contribution in [0.25, 0.3) is 0 Å². The Morgan fingerprint density at radius 2 is 1.97 bits per heavy atom. The molecule has 182 valence electrons. The molecular weight excluding hydrogens is 440 g/mol. The number of hydrogen-bond acceptors (Lipinski definition) is 8. The summed E-state index contributed by atoms with van der Waals surface area (Å²) in [5.74, 6) is -3.98. The molecule has 0 fully saturated rings. The monoisotopic (exact) mass is 470 g/mol. The quantitative estimate of drug-likeness (QED) is 0.288. The highest BCUT2D eigenvalue weighted by Gasteiger charge is 2.47. The van der Waals surface area contributed by atoms with Gasteiger partial charge in [-0.3, -0.25) is 19.7 Å². The molecule has 0 aromatic heterocycles. The molecule has 0 bridgehead atoms. The predicted molar refractivity (Wildman–Crippen MR) is 124 cm³/mol. The molecule has 1 aliphatic heterocycles. The third-order valence-corrected chi connectivity index (χ3v) is 6.61. The maximum absolute atomic E-state index is 13.7. The van der Waals surface area contributed by atoms with Gasteiger partial charge in [0.25, 0.3) is 5.69 Å². The van der Waals surface area contributed by atoms with E-state index >= 15 is 0 Å². The number of carbonyl (C=O) groups excluding carboxylic acids is 3. The topological polar surface area (TPSA) is 125 Å². The molecule has 1 aromatic carbocycles. The molecule has 34 heavy (non-hydrogen) atoms. The number of benzene rings is 1. The van der Waals surface area contributed by atoms with Crippen molar-refractivity contribution < 1.29 is 28.8 Å². The largest absolute Gasteiger partial charge is 0.468 e. The van der Waals surface area contributed by atoms with Gasteiger partial charge in [-0.1, -0.05) is 26.0 Å². The van der Waals surface area contributed by atoms with E-state index in [-0.39, 0.29) is 28.9 Å². The summed E-state index contributed by atoms with van der Waals surface area (Å²) < 4.78 is 10.5. The molecule has 0 saturated heterocycles. The minimum absolute atomic E-state index is 0.119. The normalized spacial score (nSPS) is 23.1. The highest BCUT2D eigenvalue weighted by molar-refractivity contribution is 6.12. The first-order valence-corrected chi connectivity index (χ1v) is 11.3. The van der Waals surface area contributed by atoms with Crippen LogP contribution in [0.2, 0.25) is 0 Å². The fourth-order valence-corrected chi connectivity index (χ4v) is 4.62. The van der Waals surface area contributed by atoms with E-state index in [9.17, 15) is 24.5 Å². The number of Topliss-reactive ketones (excluding diaryl/α,β-unsaturated/α-hetero) is 1. The predicted octanol–water partition coefficient (Wildman–Crippen LogP) is 3.86. The highest BCUT2D eigenvalue weighted by Crippen LogP contribution is 2.46.